The first-order valence-electron chi connectivity index (χ1n) is 10.4. The molecule has 0 aromatic heterocycles. The number of amides is 2. The Kier molecular flexibility index (Phi) is 8.30. The predicted molar refractivity (Wildman–Crippen MR) is 120 cm³/mol. The number of carbonyl (C=O) groups excluding carboxylic acids is 2. The van der Waals surface area contributed by atoms with E-state index in [0.717, 1.165) is 36.2 Å². The zero-order valence-electron chi connectivity index (χ0n) is 18.2. The highest BCUT2D eigenvalue weighted by Crippen LogP contribution is 2.25. The van der Waals surface area contributed by atoms with Crippen LogP contribution in [0.25, 0.3) is 0 Å². The second-order valence-corrected chi connectivity index (χ2v) is 7.87. The summed E-state index contributed by atoms with van der Waals surface area (Å²) in [4.78, 5) is 28.8. The highest BCUT2D eigenvalue weighted by atomic mass is 35.5. The smallest absolute Gasteiger partial charge is 0.252 e. The molecule has 0 saturated carbocycles. The van der Waals surface area contributed by atoms with Crippen molar-refractivity contribution in [3.63, 3.8) is 0 Å². The van der Waals surface area contributed by atoms with E-state index in [1.807, 2.05) is 18.2 Å². The fourth-order valence-electron chi connectivity index (χ4n) is 3.61. The third kappa shape index (κ3) is 6.11. The van der Waals surface area contributed by atoms with E-state index in [0.29, 0.717) is 19.6 Å². The molecule has 3 rings (SSSR count). The van der Waals surface area contributed by atoms with Crippen molar-refractivity contribution in [3.05, 3.63) is 58.4 Å². The van der Waals surface area contributed by atoms with Crippen LogP contribution in [0, 0.1) is 5.82 Å². The molecule has 1 fully saturated rings. The van der Waals surface area contributed by atoms with Gasteiger partial charge in [0.15, 0.2) is 0 Å². The molecule has 1 aliphatic rings. The zero-order chi connectivity index (χ0) is 23.1. The van der Waals surface area contributed by atoms with E-state index in [9.17, 15) is 14.0 Å². The average Bonchev–Trinajstić information content (AvgIpc) is 2.79. The van der Waals surface area contributed by atoms with Crippen molar-refractivity contribution in [1.82, 2.24) is 15.1 Å². The number of carbonyl (C=O) groups is 2. The third-order valence-electron chi connectivity index (χ3n) is 5.41. The van der Waals surface area contributed by atoms with Gasteiger partial charge in [-0.05, 0) is 36.4 Å². The maximum atomic E-state index is 13.1. The lowest BCUT2D eigenvalue weighted by Crippen LogP contribution is -2.48. The number of rotatable bonds is 8. The summed E-state index contributed by atoms with van der Waals surface area (Å²) in [5, 5.41) is 2.70. The molecule has 0 unspecified atom stereocenters. The molecule has 9 heteroatoms. The molecule has 1 saturated heterocycles. The zero-order valence-corrected chi connectivity index (χ0v) is 19.0. The van der Waals surface area contributed by atoms with Crippen LogP contribution in [0.2, 0.25) is 5.02 Å². The van der Waals surface area contributed by atoms with Crippen LogP contribution in [0.1, 0.15) is 22.3 Å². The molecule has 1 heterocycles. The number of methoxy groups -OCH3 is 2. The fraction of sp³-hybridized carbons (Fsp3) is 0.391. The summed E-state index contributed by atoms with van der Waals surface area (Å²) >= 11 is 5.90. The van der Waals surface area contributed by atoms with Gasteiger partial charge in [0.05, 0.1) is 24.8 Å². The minimum atomic E-state index is -0.509. The minimum Gasteiger partial charge on any atom is -0.497 e. The molecule has 2 aromatic rings. The van der Waals surface area contributed by atoms with Gasteiger partial charge in [-0.1, -0.05) is 11.6 Å². The first kappa shape index (κ1) is 23.8. The van der Waals surface area contributed by atoms with Crippen molar-refractivity contribution in [1.29, 1.82) is 0 Å². The van der Waals surface area contributed by atoms with Crippen molar-refractivity contribution in [2.75, 3.05) is 46.9 Å². The summed E-state index contributed by atoms with van der Waals surface area (Å²) < 4.78 is 23.9. The molecule has 2 amide bonds. The Hall–Kier alpha value is -2.84. The highest BCUT2D eigenvalue weighted by molar-refractivity contribution is 6.33. The van der Waals surface area contributed by atoms with Gasteiger partial charge in [0.25, 0.3) is 5.91 Å². The third-order valence-corrected chi connectivity index (χ3v) is 5.72. The molecule has 0 bridgehead atoms. The number of ether oxygens (including phenoxy) is 2. The van der Waals surface area contributed by atoms with Gasteiger partial charge in [0.1, 0.15) is 17.3 Å². The maximum absolute atomic E-state index is 13.1. The van der Waals surface area contributed by atoms with Crippen molar-refractivity contribution in [3.8, 4) is 11.5 Å². The van der Waals surface area contributed by atoms with Gasteiger partial charge in [0.2, 0.25) is 5.91 Å². The molecule has 0 spiro atoms. The standard InChI is InChI=1S/C23H27ClFN3O4/c1-31-18-4-6-21(32-2)16(13-18)15-27-9-11-28(12-10-27)22(29)7-8-26-23(30)19-5-3-17(25)14-20(19)24/h3-6,13-14H,7-12,15H2,1-2H3,(H,26,30). The average molecular weight is 464 g/mol. The van der Waals surface area contributed by atoms with Crippen LogP contribution in [0.5, 0.6) is 11.5 Å². The molecule has 172 valence electrons. The number of nitrogens with one attached hydrogen (secondary N) is 1. The number of piperazine rings is 1. The second kappa shape index (κ2) is 11.2. The summed E-state index contributed by atoms with van der Waals surface area (Å²) in [5.74, 6) is 0.625. The quantitative estimate of drug-likeness (QED) is 0.651. The lowest BCUT2D eigenvalue weighted by molar-refractivity contribution is -0.132. The normalized spacial score (nSPS) is 14.2. The van der Waals surface area contributed by atoms with Crippen molar-refractivity contribution in [2.45, 2.75) is 13.0 Å². The Morgan fingerprint density at radius 2 is 1.81 bits per heavy atom. The molecule has 1 N–H and O–H groups in total. The Balaban J connectivity index is 1.44. The van der Waals surface area contributed by atoms with Gasteiger partial charge in [-0.2, -0.15) is 0 Å². The predicted octanol–water partition coefficient (Wildman–Crippen LogP) is 2.96. The molecule has 0 aliphatic carbocycles. The van der Waals surface area contributed by atoms with Gasteiger partial charge in [0, 0.05) is 51.3 Å². The lowest BCUT2D eigenvalue weighted by atomic mass is 10.1. The maximum Gasteiger partial charge on any atom is 0.252 e. The second-order valence-electron chi connectivity index (χ2n) is 7.46. The van der Waals surface area contributed by atoms with Crippen LogP contribution in [0.3, 0.4) is 0 Å². The van der Waals surface area contributed by atoms with Gasteiger partial charge < -0.3 is 19.7 Å². The summed E-state index contributed by atoms with van der Waals surface area (Å²) in [6, 6.07) is 9.30. The van der Waals surface area contributed by atoms with Crippen molar-refractivity contribution in [2.24, 2.45) is 0 Å². The Morgan fingerprint density at radius 3 is 2.47 bits per heavy atom. The number of hydrogen-bond donors (Lipinski definition) is 1. The summed E-state index contributed by atoms with van der Waals surface area (Å²) in [6.07, 6.45) is 0.189. The number of nitrogens with zero attached hydrogens (tertiary/aromatic N) is 2. The van der Waals surface area contributed by atoms with Crippen LogP contribution in [-0.2, 0) is 11.3 Å². The van der Waals surface area contributed by atoms with Crippen molar-refractivity contribution < 1.29 is 23.5 Å². The molecule has 0 radical (unpaired) electrons. The summed E-state index contributed by atoms with van der Waals surface area (Å²) in [7, 11) is 3.28. The summed E-state index contributed by atoms with van der Waals surface area (Å²) in [5.41, 5.74) is 1.22. The van der Waals surface area contributed by atoms with E-state index in [1.54, 1.807) is 19.1 Å². The van der Waals surface area contributed by atoms with E-state index in [1.165, 1.54) is 12.1 Å². The van der Waals surface area contributed by atoms with Crippen LogP contribution in [0.15, 0.2) is 36.4 Å². The minimum absolute atomic E-state index is 0.0193. The van der Waals surface area contributed by atoms with E-state index in [2.05, 4.69) is 10.2 Å². The SMILES string of the molecule is COc1ccc(OC)c(CN2CCN(C(=O)CCNC(=O)c3ccc(F)cc3Cl)CC2)c1. The lowest BCUT2D eigenvalue weighted by Gasteiger charge is -2.35. The molecule has 1 aliphatic heterocycles. The van der Waals surface area contributed by atoms with E-state index in [4.69, 9.17) is 21.1 Å². The number of hydrogen-bond acceptors (Lipinski definition) is 5. The first-order chi connectivity index (χ1) is 15.4. The van der Waals surface area contributed by atoms with Gasteiger partial charge >= 0.3 is 0 Å². The first-order valence-corrected chi connectivity index (χ1v) is 10.7. The van der Waals surface area contributed by atoms with Crippen LogP contribution < -0.4 is 14.8 Å². The van der Waals surface area contributed by atoms with E-state index in [-0.39, 0.29) is 29.5 Å². The summed E-state index contributed by atoms with van der Waals surface area (Å²) in [6.45, 7) is 3.60. The number of benzene rings is 2. The monoisotopic (exact) mass is 463 g/mol. The van der Waals surface area contributed by atoms with Crippen LogP contribution in [0.4, 0.5) is 4.39 Å². The Labute approximate surface area is 192 Å². The topological polar surface area (TPSA) is 71.1 Å². The van der Waals surface area contributed by atoms with E-state index >= 15 is 0 Å². The Morgan fingerprint density at radius 1 is 1.06 bits per heavy atom. The molecule has 0 atom stereocenters. The Bertz CT molecular complexity index is 964. The molecule has 7 nitrogen and oxygen atoms in total. The van der Waals surface area contributed by atoms with Gasteiger partial charge in [-0.3, -0.25) is 14.5 Å². The molecular formula is C23H27ClFN3O4. The fourth-order valence-corrected chi connectivity index (χ4v) is 3.86. The van der Waals surface area contributed by atoms with E-state index < -0.39 is 11.7 Å². The molecule has 32 heavy (non-hydrogen) atoms. The largest absolute Gasteiger partial charge is 0.497 e. The number of halogens is 2. The van der Waals surface area contributed by atoms with Crippen molar-refractivity contribution >= 4 is 23.4 Å². The highest BCUT2D eigenvalue weighted by Gasteiger charge is 2.22. The van der Waals surface area contributed by atoms with Crippen LogP contribution in [-0.4, -0.2) is 68.6 Å². The molecular weight excluding hydrogens is 437 g/mol. The van der Waals surface area contributed by atoms with Gasteiger partial charge in [-0.15, -0.1) is 0 Å². The van der Waals surface area contributed by atoms with Crippen LogP contribution >= 0.6 is 11.6 Å². The molecule has 2 aromatic carbocycles. The van der Waals surface area contributed by atoms with Gasteiger partial charge in [-0.25, -0.2) is 4.39 Å².